The third-order valence-corrected chi connectivity index (χ3v) is 6.63. The lowest BCUT2D eigenvalue weighted by molar-refractivity contribution is -0.281. The lowest BCUT2D eigenvalue weighted by Gasteiger charge is -2.51. The molecule has 0 atom stereocenters. The number of hydrogen-bond donors (Lipinski definition) is 0. The molecule has 2 aliphatic rings. The number of hydroxylamine groups is 4. The van der Waals surface area contributed by atoms with Gasteiger partial charge in [0.1, 0.15) is 0 Å². The Labute approximate surface area is 188 Å². The maximum absolute atomic E-state index is 12.1. The van der Waals surface area contributed by atoms with Crippen molar-refractivity contribution in [2.45, 2.75) is 129 Å². The summed E-state index contributed by atoms with van der Waals surface area (Å²) in [7, 11) is 0. The van der Waals surface area contributed by atoms with Crippen LogP contribution in [0.15, 0.2) is 0 Å². The van der Waals surface area contributed by atoms with Crippen molar-refractivity contribution in [2.75, 3.05) is 13.2 Å². The van der Waals surface area contributed by atoms with E-state index in [9.17, 15) is 9.59 Å². The van der Waals surface area contributed by atoms with Gasteiger partial charge in [-0.1, -0.05) is 0 Å². The zero-order valence-corrected chi connectivity index (χ0v) is 21.0. The van der Waals surface area contributed by atoms with Gasteiger partial charge in [0.2, 0.25) is 0 Å². The number of ether oxygens (including phenoxy) is 1. The van der Waals surface area contributed by atoms with Gasteiger partial charge in [0.25, 0.3) is 0 Å². The highest BCUT2D eigenvalue weighted by atomic mass is 16.7. The van der Waals surface area contributed by atoms with E-state index in [2.05, 4.69) is 55.4 Å². The van der Waals surface area contributed by atoms with E-state index in [1.54, 1.807) is 0 Å². The third kappa shape index (κ3) is 6.98. The Morgan fingerprint density at radius 1 is 0.613 bits per heavy atom. The molecule has 7 heteroatoms. The number of rotatable bonds is 8. The molecular weight excluding hydrogens is 396 g/mol. The van der Waals surface area contributed by atoms with E-state index in [1.807, 2.05) is 10.1 Å². The minimum absolute atomic E-state index is 0.0431. The summed E-state index contributed by atoms with van der Waals surface area (Å²) >= 11 is 0. The standard InChI is InChI=1S/C24H44N2O5/c1-21(2)13-9-14-22(3,4)25(21)29-17-11-19(27)31-20(28)12-18-30-26-23(5,6)15-10-16-24(26,7)8/h9-18H2,1-8H3. The summed E-state index contributed by atoms with van der Waals surface area (Å²) in [6, 6.07) is 0. The zero-order chi connectivity index (χ0) is 23.5. The first-order chi connectivity index (χ1) is 14.2. The Morgan fingerprint density at radius 3 is 1.19 bits per heavy atom. The van der Waals surface area contributed by atoms with Gasteiger partial charge in [0, 0.05) is 22.2 Å². The van der Waals surface area contributed by atoms with Gasteiger partial charge in [-0.05, 0) is 93.9 Å². The fourth-order valence-corrected chi connectivity index (χ4v) is 5.32. The van der Waals surface area contributed by atoms with Gasteiger partial charge >= 0.3 is 11.9 Å². The predicted octanol–water partition coefficient (Wildman–Crippen LogP) is 4.79. The predicted molar refractivity (Wildman–Crippen MR) is 120 cm³/mol. The monoisotopic (exact) mass is 440 g/mol. The van der Waals surface area contributed by atoms with Gasteiger partial charge in [-0.25, -0.2) is 0 Å². The molecule has 0 radical (unpaired) electrons. The van der Waals surface area contributed by atoms with Gasteiger partial charge in [-0.3, -0.25) is 19.3 Å². The average Bonchev–Trinajstić information content (AvgIpc) is 2.58. The Bertz CT molecular complexity index is 556. The quantitative estimate of drug-likeness (QED) is 0.397. The van der Waals surface area contributed by atoms with Crippen LogP contribution in [0.1, 0.15) is 107 Å². The molecular formula is C24H44N2O5. The number of piperidine rings is 2. The van der Waals surface area contributed by atoms with Crippen molar-refractivity contribution in [2.24, 2.45) is 0 Å². The summed E-state index contributed by atoms with van der Waals surface area (Å²) in [6.07, 6.45) is 6.58. The van der Waals surface area contributed by atoms with E-state index in [0.29, 0.717) is 0 Å². The molecule has 180 valence electrons. The third-order valence-electron chi connectivity index (χ3n) is 6.63. The molecule has 0 bridgehead atoms. The average molecular weight is 441 g/mol. The van der Waals surface area contributed by atoms with Crippen LogP contribution in [0, 0.1) is 0 Å². The van der Waals surface area contributed by atoms with Crippen molar-refractivity contribution in [3.63, 3.8) is 0 Å². The highest BCUT2D eigenvalue weighted by molar-refractivity contribution is 5.85. The van der Waals surface area contributed by atoms with Crippen LogP contribution in [0.4, 0.5) is 0 Å². The molecule has 2 heterocycles. The second-order valence-electron chi connectivity index (χ2n) is 11.6. The first kappa shape index (κ1) is 26.2. The molecule has 2 rings (SSSR count). The summed E-state index contributed by atoms with van der Waals surface area (Å²) in [4.78, 5) is 36.1. The van der Waals surface area contributed by atoms with E-state index in [-0.39, 0.29) is 48.2 Å². The molecule has 0 N–H and O–H groups in total. The van der Waals surface area contributed by atoms with Crippen LogP contribution in [0.2, 0.25) is 0 Å². The van der Waals surface area contributed by atoms with Gasteiger partial charge < -0.3 is 4.74 Å². The highest BCUT2D eigenvalue weighted by Gasteiger charge is 2.43. The van der Waals surface area contributed by atoms with Crippen molar-refractivity contribution in [1.29, 1.82) is 0 Å². The summed E-state index contributed by atoms with van der Waals surface area (Å²) in [5, 5.41) is 4.02. The van der Waals surface area contributed by atoms with Crippen molar-refractivity contribution in [1.82, 2.24) is 10.1 Å². The maximum Gasteiger partial charge on any atom is 0.315 e. The highest BCUT2D eigenvalue weighted by Crippen LogP contribution is 2.39. The molecule has 31 heavy (non-hydrogen) atoms. The van der Waals surface area contributed by atoms with E-state index < -0.39 is 11.9 Å². The first-order valence-corrected chi connectivity index (χ1v) is 11.8. The molecule has 0 unspecified atom stereocenters. The number of nitrogens with zero attached hydrogens (tertiary/aromatic N) is 2. The van der Waals surface area contributed by atoms with Crippen molar-refractivity contribution < 1.29 is 24.0 Å². The second-order valence-corrected chi connectivity index (χ2v) is 11.6. The minimum Gasteiger partial charge on any atom is -0.393 e. The van der Waals surface area contributed by atoms with E-state index in [1.165, 1.54) is 0 Å². The second kappa shape index (κ2) is 9.86. The fourth-order valence-electron chi connectivity index (χ4n) is 5.32. The number of carbonyl (C=O) groups excluding carboxylic acids is 2. The lowest BCUT2D eigenvalue weighted by atomic mass is 9.82. The van der Waals surface area contributed by atoms with Gasteiger partial charge in [0.15, 0.2) is 0 Å². The summed E-state index contributed by atoms with van der Waals surface area (Å²) in [5.41, 5.74) is -0.354. The molecule has 0 amide bonds. The molecule has 0 saturated carbocycles. The lowest BCUT2D eigenvalue weighted by Crippen LogP contribution is -2.58. The topological polar surface area (TPSA) is 68.3 Å². The molecule has 0 aromatic carbocycles. The minimum atomic E-state index is -0.559. The summed E-state index contributed by atoms with van der Waals surface area (Å²) < 4.78 is 4.96. The Morgan fingerprint density at radius 2 is 0.903 bits per heavy atom. The normalized spacial score (nSPS) is 25.2. The van der Waals surface area contributed by atoms with Crippen LogP contribution in [0.3, 0.4) is 0 Å². The Kier molecular flexibility index (Phi) is 8.34. The van der Waals surface area contributed by atoms with Crippen LogP contribution in [-0.4, -0.2) is 57.4 Å². The maximum atomic E-state index is 12.1. The van der Waals surface area contributed by atoms with E-state index in [0.717, 1.165) is 38.5 Å². The first-order valence-electron chi connectivity index (χ1n) is 11.8. The van der Waals surface area contributed by atoms with Crippen LogP contribution in [-0.2, 0) is 24.0 Å². The van der Waals surface area contributed by atoms with Crippen molar-refractivity contribution in [3.05, 3.63) is 0 Å². The molecule has 2 aliphatic heterocycles. The number of hydrogen-bond acceptors (Lipinski definition) is 7. The van der Waals surface area contributed by atoms with Gasteiger partial charge in [-0.2, -0.15) is 10.1 Å². The van der Waals surface area contributed by atoms with Crippen molar-refractivity contribution >= 4 is 11.9 Å². The summed E-state index contributed by atoms with van der Waals surface area (Å²) in [6.45, 7) is 17.6. The van der Waals surface area contributed by atoms with Crippen LogP contribution < -0.4 is 0 Å². The van der Waals surface area contributed by atoms with Gasteiger partial charge in [0.05, 0.1) is 26.1 Å². The molecule has 2 saturated heterocycles. The summed E-state index contributed by atoms with van der Waals surface area (Å²) in [5.74, 6) is -1.12. The smallest absolute Gasteiger partial charge is 0.315 e. The SMILES string of the molecule is CC1(C)CCCC(C)(C)N1OCCC(=O)OC(=O)CCON1C(C)(C)CCCC1(C)C. The molecule has 0 aromatic heterocycles. The molecule has 7 nitrogen and oxygen atoms in total. The van der Waals surface area contributed by atoms with Crippen LogP contribution in [0.25, 0.3) is 0 Å². The number of esters is 2. The van der Waals surface area contributed by atoms with Crippen LogP contribution >= 0.6 is 0 Å². The Balaban J connectivity index is 1.72. The fraction of sp³-hybridized carbons (Fsp3) is 0.917. The Hall–Kier alpha value is -1.02. The molecule has 2 fully saturated rings. The largest absolute Gasteiger partial charge is 0.393 e. The van der Waals surface area contributed by atoms with Crippen molar-refractivity contribution in [3.8, 4) is 0 Å². The van der Waals surface area contributed by atoms with E-state index in [4.69, 9.17) is 14.4 Å². The van der Waals surface area contributed by atoms with E-state index >= 15 is 0 Å². The molecule has 0 aromatic rings. The zero-order valence-electron chi connectivity index (χ0n) is 21.0. The molecule has 0 spiro atoms. The van der Waals surface area contributed by atoms with Gasteiger partial charge in [-0.15, -0.1) is 0 Å². The number of carbonyl (C=O) groups is 2. The molecule has 0 aliphatic carbocycles. The van der Waals surface area contributed by atoms with Crippen LogP contribution in [0.5, 0.6) is 0 Å².